The molecule has 1 aromatic rings. The maximum atomic E-state index is 5.08. The molecule has 1 N–H and O–H groups in total. The molecule has 1 atom stereocenters. The molecule has 0 radical (unpaired) electrons. The first-order valence-electron chi connectivity index (χ1n) is 6.84. The average molecular weight is 291 g/mol. The zero-order valence-electron chi connectivity index (χ0n) is 12.2. The Balaban J connectivity index is 2.01. The van der Waals surface area contributed by atoms with Gasteiger partial charge in [-0.15, -0.1) is 0 Å². The fourth-order valence-electron chi connectivity index (χ4n) is 1.94. The average Bonchev–Trinajstić information content (AvgIpc) is 2.48. The number of benzene rings is 1. The molecule has 0 saturated carbocycles. The fraction of sp³-hybridized carbons (Fsp3) is 0.467. The van der Waals surface area contributed by atoms with Crippen LogP contribution in [0.2, 0.25) is 0 Å². The number of methoxy groups -OCH3 is 1. The smallest absolute Gasteiger partial charge is 0.177 e. The van der Waals surface area contributed by atoms with Crippen LogP contribution < -0.4 is 5.43 Å². The number of nitrogens with zero attached hydrogens (tertiary/aromatic N) is 2. The summed E-state index contributed by atoms with van der Waals surface area (Å²) in [6, 6.07) is 8.74. The number of amidine groups is 1. The summed E-state index contributed by atoms with van der Waals surface area (Å²) in [5, 5.41) is 5.29. The lowest BCUT2D eigenvalue weighted by atomic mass is 10.1. The lowest BCUT2D eigenvalue weighted by Crippen LogP contribution is -2.27. The highest BCUT2D eigenvalue weighted by molar-refractivity contribution is 8.14. The molecule has 4 nitrogen and oxygen atoms in total. The van der Waals surface area contributed by atoms with Crippen molar-refractivity contribution in [2.24, 2.45) is 10.1 Å². The normalized spacial score (nSPS) is 18.6. The molecule has 0 aromatic heterocycles. The van der Waals surface area contributed by atoms with Crippen molar-refractivity contribution >= 4 is 22.6 Å². The molecule has 0 saturated heterocycles. The van der Waals surface area contributed by atoms with Crippen LogP contribution in [0.3, 0.4) is 0 Å². The van der Waals surface area contributed by atoms with E-state index in [4.69, 9.17) is 4.74 Å². The van der Waals surface area contributed by atoms with Crippen LogP contribution >= 0.6 is 11.8 Å². The molecule has 0 amide bonds. The van der Waals surface area contributed by atoms with Gasteiger partial charge in [-0.1, -0.05) is 43.0 Å². The summed E-state index contributed by atoms with van der Waals surface area (Å²) in [6.07, 6.45) is 1.06. The molecule has 1 heterocycles. The second-order valence-electron chi connectivity index (χ2n) is 4.75. The number of hydrogen-bond acceptors (Lipinski definition) is 4. The predicted molar refractivity (Wildman–Crippen MR) is 86.7 cm³/mol. The van der Waals surface area contributed by atoms with Gasteiger partial charge in [0.2, 0.25) is 0 Å². The van der Waals surface area contributed by atoms with Crippen LogP contribution in [0.15, 0.2) is 34.4 Å². The minimum atomic E-state index is 0.149. The zero-order chi connectivity index (χ0) is 14.4. The van der Waals surface area contributed by atoms with Crippen LogP contribution in [-0.2, 0) is 11.2 Å². The van der Waals surface area contributed by atoms with Gasteiger partial charge >= 0.3 is 0 Å². The van der Waals surface area contributed by atoms with E-state index in [1.54, 1.807) is 18.9 Å². The van der Waals surface area contributed by atoms with Crippen molar-refractivity contribution in [3.05, 3.63) is 35.4 Å². The summed E-state index contributed by atoms with van der Waals surface area (Å²) in [5.74, 6) is 0.844. The lowest BCUT2D eigenvalue weighted by Gasteiger charge is -2.16. The molecular formula is C15H21N3OS. The van der Waals surface area contributed by atoms with Crippen LogP contribution in [0.4, 0.5) is 0 Å². The molecule has 108 valence electrons. The molecule has 5 heteroatoms. The number of thioether (sulfide) groups is 1. The Kier molecular flexibility index (Phi) is 5.61. The minimum Gasteiger partial charge on any atom is -0.382 e. The fourth-order valence-corrected chi connectivity index (χ4v) is 2.81. The minimum absolute atomic E-state index is 0.149. The summed E-state index contributed by atoms with van der Waals surface area (Å²) < 4.78 is 5.08. The van der Waals surface area contributed by atoms with Crippen LogP contribution in [0, 0.1) is 0 Å². The number of ether oxygens (including phenoxy) is 1. The van der Waals surface area contributed by atoms with Crippen molar-refractivity contribution in [2.75, 3.05) is 19.5 Å². The summed E-state index contributed by atoms with van der Waals surface area (Å²) in [4.78, 5) is 4.52. The molecule has 1 aliphatic rings. The van der Waals surface area contributed by atoms with Crippen LogP contribution in [0.25, 0.3) is 0 Å². The van der Waals surface area contributed by atoms with Gasteiger partial charge in [-0.3, -0.25) is 10.4 Å². The number of aryl methyl sites for hydroxylation is 1. The lowest BCUT2D eigenvalue weighted by molar-refractivity contribution is 0.186. The van der Waals surface area contributed by atoms with E-state index in [9.17, 15) is 0 Å². The molecule has 1 aliphatic heterocycles. The second-order valence-corrected chi connectivity index (χ2v) is 5.71. The highest BCUT2D eigenvalue weighted by atomic mass is 32.2. The molecule has 2 rings (SSSR count). The third-order valence-electron chi connectivity index (χ3n) is 3.07. The third-order valence-corrected chi connectivity index (χ3v) is 3.96. The highest BCUT2D eigenvalue weighted by Crippen LogP contribution is 2.15. The van der Waals surface area contributed by atoms with Gasteiger partial charge in [-0.05, 0) is 24.5 Å². The Bertz CT molecular complexity index is 496. The van der Waals surface area contributed by atoms with Crippen molar-refractivity contribution < 1.29 is 4.74 Å². The van der Waals surface area contributed by atoms with Crippen molar-refractivity contribution in [1.82, 2.24) is 5.43 Å². The van der Waals surface area contributed by atoms with Gasteiger partial charge in [0.05, 0.1) is 18.4 Å². The van der Waals surface area contributed by atoms with E-state index in [-0.39, 0.29) is 6.04 Å². The van der Waals surface area contributed by atoms with Gasteiger partial charge in [0.25, 0.3) is 0 Å². The Morgan fingerprint density at radius 3 is 2.70 bits per heavy atom. The van der Waals surface area contributed by atoms with E-state index in [1.807, 2.05) is 6.92 Å². The molecule has 20 heavy (non-hydrogen) atoms. The van der Waals surface area contributed by atoms with E-state index in [0.717, 1.165) is 23.1 Å². The van der Waals surface area contributed by atoms with Crippen LogP contribution in [0.1, 0.15) is 25.0 Å². The van der Waals surface area contributed by atoms with Crippen molar-refractivity contribution in [2.45, 2.75) is 26.3 Å². The zero-order valence-corrected chi connectivity index (χ0v) is 13.0. The molecular weight excluding hydrogens is 270 g/mol. The van der Waals surface area contributed by atoms with Gasteiger partial charge in [0.15, 0.2) is 5.17 Å². The van der Waals surface area contributed by atoms with Crippen molar-refractivity contribution in [3.8, 4) is 0 Å². The van der Waals surface area contributed by atoms with Crippen LogP contribution in [-0.4, -0.2) is 36.4 Å². The third kappa shape index (κ3) is 4.08. The van der Waals surface area contributed by atoms with Crippen molar-refractivity contribution in [1.29, 1.82) is 0 Å². The second kappa shape index (κ2) is 7.45. The van der Waals surface area contributed by atoms with E-state index >= 15 is 0 Å². The summed E-state index contributed by atoms with van der Waals surface area (Å²) >= 11 is 1.68. The number of aliphatic imine (C=N–C) groups is 1. The van der Waals surface area contributed by atoms with Gasteiger partial charge in [-0.25, -0.2) is 0 Å². The quantitative estimate of drug-likeness (QED) is 0.907. The number of hydrazone groups is 1. The van der Waals surface area contributed by atoms with Gasteiger partial charge in [0, 0.05) is 12.9 Å². The van der Waals surface area contributed by atoms with Crippen molar-refractivity contribution in [3.63, 3.8) is 0 Å². The largest absolute Gasteiger partial charge is 0.382 e. The molecule has 0 fully saturated rings. The first-order chi connectivity index (χ1) is 9.72. The van der Waals surface area contributed by atoms with Gasteiger partial charge in [-0.2, -0.15) is 5.10 Å². The first kappa shape index (κ1) is 15.1. The van der Waals surface area contributed by atoms with E-state index in [2.05, 4.69) is 46.7 Å². The SMILES string of the molecule is CCc1ccc(C2=NNC(=N[C@@H](C)COC)SC2)cc1. The highest BCUT2D eigenvalue weighted by Gasteiger charge is 2.13. The number of hydrogen-bond donors (Lipinski definition) is 1. The number of nitrogens with one attached hydrogen (secondary N) is 1. The van der Waals surface area contributed by atoms with E-state index in [1.165, 1.54) is 11.1 Å². The summed E-state index contributed by atoms with van der Waals surface area (Å²) in [6.45, 7) is 4.82. The maximum Gasteiger partial charge on any atom is 0.177 e. The monoisotopic (exact) mass is 291 g/mol. The van der Waals surface area contributed by atoms with Gasteiger partial charge in [0.1, 0.15) is 0 Å². The van der Waals surface area contributed by atoms with Crippen LogP contribution in [0.5, 0.6) is 0 Å². The predicted octanol–water partition coefficient (Wildman–Crippen LogP) is 2.68. The Morgan fingerprint density at radius 1 is 1.40 bits per heavy atom. The Labute approximate surface area is 124 Å². The summed E-state index contributed by atoms with van der Waals surface area (Å²) in [5.41, 5.74) is 6.62. The molecule has 0 bridgehead atoms. The van der Waals surface area contributed by atoms with E-state index < -0.39 is 0 Å². The summed E-state index contributed by atoms with van der Waals surface area (Å²) in [7, 11) is 1.69. The topological polar surface area (TPSA) is 46.0 Å². The standard InChI is InChI=1S/C15H21N3OS/c1-4-12-5-7-13(8-6-12)14-10-20-15(18-17-14)16-11(2)9-19-3/h5-8,11H,4,9-10H2,1-3H3,(H,16,18)/t11-/m0/s1. The molecule has 1 aromatic carbocycles. The van der Waals surface area contributed by atoms with E-state index in [0.29, 0.717) is 6.61 Å². The molecule has 0 spiro atoms. The van der Waals surface area contributed by atoms with Gasteiger partial charge < -0.3 is 4.74 Å². The first-order valence-corrected chi connectivity index (χ1v) is 7.83. The Hall–Kier alpha value is -1.33. The Morgan fingerprint density at radius 2 is 2.15 bits per heavy atom. The molecule has 0 unspecified atom stereocenters. The molecule has 0 aliphatic carbocycles. The number of rotatable bonds is 5. The maximum absolute atomic E-state index is 5.08.